The number of hydrogen-bond acceptors (Lipinski definition) is 2. The first-order valence-corrected chi connectivity index (χ1v) is 3.40. The van der Waals surface area contributed by atoms with Gasteiger partial charge in [-0.05, 0) is 19.0 Å². The van der Waals surface area contributed by atoms with Gasteiger partial charge in [0.1, 0.15) is 6.23 Å². The summed E-state index contributed by atoms with van der Waals surface area (Å²) in [5, 5.41) is 11.7. The molecule has 0 aliphatic rings. The van der Waals surface area contributed by atoms with Gasteiger partial charge in [0.25, 0.3) is 0 Å². The van der Waals surface area contributed by atoms with Gasteiger partial charge in [-0.3, -0.25) is 0 Å². The van der Waals surface area contributed by atoms with Crippen LogP contribution in [0.1, 0.15) is 26.7 Å². The summed E-state index contributed by atoms with van der Waals surface area (Å²) in [5.41, 5.74) is 0. The Labute approximate surface area is 56.6 Å². The summed E-state index contributed by atoms with van der Waals surface area (Å²) in [6, 6.07) is 0. The predicted octanol–water partition coefficient (Wildman–Crippen LogP) is 1.23. The van der Waals surface area contributed by atoms with Crippen molar-refractivity contribution in [1.82, 2.24) is 5.32 Å². The zero-order chi connectivity index (χ0) is 7.11. The minimum Gasteiger partial charge on any atom is -0.374 e. The fourth-order valence-electron chi connectivity index (χ4n) is 0.415. The molecule has 0 spiro atoms. The average Bonchev–Trinajstić information content (AvgIpc) is 1.89. The summed E-state index contributed by atoms with van der Waals surface area (Å²) >= 11 is 0. The zero-order valence-corrected chi connectivity index (χ0v) is 6.09. The van der Waals surface area contributed by atoms with E-state index in [0.29, 0.717) is 0 Å². The van der Waals surface area contributed by atoms with Crippen LogP contribution in [0.4, 0.5) is 0 Å². The van der Waals surface area contributed by atoms with E-state index < -0.39 is 0 Å². The van der Waals surface area contributed by atoms with Gasteiger partial charge in [-0.25, -0.2) is 0 Å². The van der Waals surface area contributed by atoms with Crippen LogP contribution in [0.25, 0.3) is 0 Å². The van der Waals surface area contributed by atoms with Gasteiger partial charge in [0, 0.05) is 0 Å². The Morgan fingerprint density at radius 3 is 2.67 bits per heavy atom. The number of nitrogens with one attached hydrogen (secondary N) is 1. The second kappa shape index (κ2) is 5.63. The van der Waals surface area contributed by atoms with Crippen molar-refractivity contribution < 1.29 is 5.11 Å². The van der Waals surface area contributed by atoms with Crippen molar-refractivity contribution in [2.24, 2.45) is 0 Å². The van der Waals surface area contributed by atoms with Crippen LogP contribution in [0.5, 0.6) is 0 Å². The van der Waals surface area contributed by atoms with Gasteiger partial charge in [-0.15, -0.1) is 0 Å². The molecule has 0 radical (unpaired) electrons. The second-order valence-electron chi connectivity index (χ2n) is 1.90. The Morgan fingerprint density at radius 2 is 2.22 bits per heavy atom. The van der Waals surface area contributed by atoms with Gasteiger partial charge in [0.15, 0.2) is 0 Å². The topological polar surface area (TPSA) is 32.3 Å². The molecule has 0 aromatic rings. The van der Waals surface area contributed by atoms with E-state index in [1.807, 2.05) is 13.0 Å². The van der Waals surface area contributed by atoms with Crippen molar-refractivity contribution in [2.45, 2.75) is 32.9 Å². The molecule has 0 rings (SSSR count). The van der Waals surface area contributed by atoms with Crippen molar-refractivity contribution >= 4 is 0 Å². The number of rotatable bonds is 4. The molecule has 0 saturated heterocycles. The lowest BCUT2D eigenvalue weighted by Crippen LogP contribution is -2.21. The Bertz CT molecular complexity index is 81.0. The van der Waals surface area contributed by atoms with E-state index in [-0.39, 0.29) is 6.23 Å². The van der Waals surface area contributed by atoms with E-state index in [4.69, 9.17) is 5.11 Å². The van der Waals surface area contributed by atoms with Crippen LogP contribution in [0.3, 0.4) is 0 Å². The molecule has 0 aliphatic heterocycles. The highest BCUT2D eigenvalue weighted by Crippen LogP contribution is 1.83. The van der Waals surface area contributed by atoms with Crippen LogP contribution in [0.15, 0.2) is 12.3 Å². The van der Waals surface area contributed by atoms with Crippen molar-refractivity contribution in [1.29, 1.82) is 0 Å². The molecule has 1 unspecified atom stereocenters. The predicted molar refractivity (Wildman–Crippen MR) is 38.9 cm³/mol. The monoisotopic (exact) mass is 129 g/mol. The van der Waals surface area contributed by atoms with Gasteiger partial charge in [-0.1, -0.05) is 19.9 Å². The third kappa shape index (κ3) is 5.37. The van der Waals surface area contributed by atoms with E-state index in [9.17, 15) is 0 Å². The first-order valence-electron chi connectivity index (χ1n) is 3.40. The third-order valence-corrected chi connectivity index (χ3v) is 1.03. The third-order valence-electron chi connectivity index (χ3n) is 1.03. The highest BCUT2D eigenvalue weighted by Gasteiger charge is 1.90. The number of aliphatic hydroxyl groups is 1. The highest BCUT2D eigenvalue weighted by molar-refractivity contribution is 4.78. The fourth-order valence-corrected chi connectivity index (χ4v) is 0.415. The Morgan fingerprint density at radius 1 is 1.56 bits per heavy atom. The Balaban J connectivity index is 3.15. The Hall–Kier alpha value is -0.500. The molecule has 0 fully saturated rings. The molecule has 9 heavy (non-hydrogen) atoms. The standard InChI is InChI=1S/C7H15NO/c1-3-5-6-8-7(9)4-2/h5-9H,3-4H2,1-2H3. The molecular weight excluding hydrogens is 114 g/mol. The lowest BCUT2D eigenvalue weighted by atomic mass is 10.4. The van der Waals surface area contributed by atoms with Crippen LogP contribution in [0.2, 0.25) is 0 Å². The molecule has 0 bridgehead atoms. The maximum atomic E-state index is 8.92. The molecule has 0 amide bonds. The van der Waals surface area contributed by atoms with Gasteiger partial charge in [0.05, 0.1) is 0 Å². The summed E-state index contributed by atoms with van der Waals surface area (Å²) in [5.74, 6) is 0. The number of hydrogen-bond donors (Lipinski definition) is 2. The van der Waals surface area contributed by atoms with E-state index in [2.05, 4.69) is 12.2 Å². The van der Waals surface area contributed by atoms with Crippen molar-refractivity contribution in [2.75, 3.05) is 0 Å². The largest absolute Gasteiger partial charge is 0.374 e. The summed E-state index contributed by atoms with van der Waals surface area (Å²) in [6.45, 7) is 3.98. The smallest absolute Gasteiger partial charge is 0.123 e. The van der Waals surface area contributed by atoms with Crippen LogP contribution >= 0.6 is 0 Å². The molecule has 1 atom stereocenters. The summed E-state index contributed by atoms with van der Waals surface area (Å²) in [4.78, 5) is 0. The molecule has 0 saturated carbocycles. The zero-order valence-electron chi connectivity index (χ0n) is 6.09. The minimum atomic E-state index is -0.382. The maximum Gasteiger partial charge on any atom is 0.123 e. The first-order chi connectivity index (χ1) is 4.31. The van der Waals surface area contributed by atoms with Crippen molar-refractivity contribution in [3.63, 3.8) is 0 Å². The molecule has 0 aromatic carbocycles. The van der Waals surface area contributed by atoms with Crippen molar-refractivity contribution in [3.05, 3.63) is 12.3 Å². The van der Waals surface area contributed by atoms with E-state index >= 15 is 0 Å². The SMILES string of the molecule is CCC=CNC(O)CC. The molecular formula is C7H15NO. The van der Waals surface area contributed by atoms with Crippen molar-refractivity contribution in [3.8, 4) is 0 Å². The molecule has 54 valence electrons. The van der Waals surface area contributed by atoms with Crippen LogP contribution < -0.4 is 5.32 Å². The van der Waals surface area contributed by atoms with Gasteiger partial charge >= 0.3 is 0 Å². The average molecular weight is 129 g/mol. The van der Waals surface area contributed by atoms with Crippen LogP contribution in [0, 0.1) is 0 Å². The van der Waals surface area contributed by atoms with E-state index in [1.165, 1.54) is 0 Å². The summed E-state index contributed by atoms with van der Waals surface area (Å²) < 4.78 is 0. The summed E-state index contributed by atoms with van der Waals surface area (Å²) in [6.07, 6.45) is 5.12. The fraction of sp³-hybridized carbons (Fsp3) is 0.714. The quantitative estimate of drug-likeness (QED) is 0.559. The normalized spacial score (nSPS) is 14.1. The highest BCUT2D eigenvalue weighted by atomic mass is 16.3. The second-order valence-corrected chi connectivity index (χ2v) is 1.90. The molecule has 0 aliphatic carbocycles. The van der Waals surface area contributed by atoms with Gasteiger partial charge in [-0.2, -0.15) is 0 Å². The van der Waals surface area contributed by atoms with E-state index in [1.54, 1.807) is 6.20 Å². The van der Waals surface area contributed by atoms with Gasteiger partial charge < -0.3 is 10.4 Å². The summed E-state index contributed by atoms with van der Waals surface area (Å²) in [7, 11) is 0. The first kappa shape index (κ1) is 8.50. The molecule has 0 heterocycles. The lowest BCUT2D eigenvalue weighted by molar-refractivity contribution is 0.149. The molecule has 0 aromatic heterocycles. The van der Waals surface area contributed by atoms with Crippen LogP contribution in [-0.2, 0) is 0 Å². The minimum absolute atomic E-state index is 0.382. The number of aliphatic hydroxyl groups excluding tert-OH is 1. The lowest BCUT2D eigenvalue weighted by Gasteiger charge is -2.05. The molecule has 2 N–H and O–H groups in total. The molecule has 2 nitrogen and oxygen atoms in total. The van der Waals surface area contributed by atoms with Crippen LogP contribution in [-0.4, -0.2) is 11.3 Å². The molecule has 2 heteroatoms. The van der Waals surface area contributed by atoms with E-state index in [0.717, 1.165) is 12.8 Å². The van der Waals surface area contributed by atoms with Gasteiger partial charge in [0.2, 0.25) is 0 Å². The Kier molecular flexibility index (Phi) is 5.32. The number of allylic oxidation sites excluding steroid dienone is 1. The maximum absolute atomic E-state index is 8.92.